The molecule has 0 aliphatic rings. The van der Waals surface area contributed by atoms with Gasteiger partial charge in [0.2, 0.25) is 0 Å². The van der Waals surface area contributed by atoms with Crippen molar-refractivity contribution < 1.29 is 13.6 Å². The minimum atomic E-state index is -0.533. The van der Waals surface area contributed by atoms with Crippen molar-refractivity contribution in [2.75, 3.05) is 0 Å². The maximum Gasteiger partial charge on any atom is 0.262 e. The number of nitrogens with zero attached hydrogens (tertiary/aromatic N) is 1. The van der Waals surface area contributed by atoms with Gasteiger partial charge >= 0.3 is 0 Å². The van der Waals surface area contributed by atoms with Crippen LogP contribution in [-0.4, -0.2) is 5.91 Å². The minimum absolute atomic E-state index is 0.0928. The monoisotopic (exact) mass is 284 g/mol. The Labute approximate surface area is 121 Å². The van der Waals surface area contributed by atoms with Crippen LogP contribution in [0, 0.1) is 24.1 Å². The molecule has 0 atom stereocenters. The molecule has 106 valence electrons. The summed E-state index contributed by atoms with van der Waals surface area (Å²) < 4.78 is 18.5. The maximum atomic E-state index is 13.4. The van der Waals surface area contributed by atoms with E-state index in [0.29, 0.717) is 16.9 Å². The highest BCUT2D eigenvalue weighted by atomic mass is 19.1. The number of nitrogens with one attached hydrogen (secondary N) is 1. The first-order valence-electron chi connectivity index (χ1n) is 6.28. The molecule has 4 nitrogen and oxygen atoms in total. The van der Waals surface area contributed by atoms with Gasteiger partial charge in [0, 0.05) is 0 Å². The lowest BCUT2D eigenvalue weighted by Gasteiger charge is -2.03. The van der Waals surface area contributed by atoms with E-state index < -0.39 is 5.91 Å². The van der Waals surface area contributed by atoms with Crippen LogP contribution in [0.3, 0.4) is 0 Å². The van der Waals surface area contributed by atoms with Crippen LogP contribution in [-0.2, 0) is 11.3 Å². The summed E-state index contributed by atoms with van der Waals surface area (Å²) in [5.74, 6) is -0.325. The first-order chi connectivity index (χ1) is 10.1. The molecular weight excluding hydrogens is 271 g/mol. The topological polar surface area (TPSA) is 66.0 Å². The molecule has 0 unspecified atom stereocenters. The molecule has 1 heterocycles. The van der Waals surface area contributed by atoms with Gasteiger partial charge in [0.1, 0.15) is 23.2 Å². The second-order valence-corrected chi connectivity index (χ2v) is 4.44. The van der Waals surface area contributed by atoms with Crippen molar-refractivity contribution in [1.82, 2.24) is 5.32 Å². The Balaban J connectivity index is 2.10. The Morgan fingerprint density at radius 1 is 1.48 bits per heavy atom. The molecule has 1 N–H and O–H groups in total. The summed E-state index contributed by atoms with van der Waals surface area (Å²) >= 11 is 0. The molecule has 0 aliphatic carbocycles. The number of nitriles is 1. The van der Waals surface area contributed by atoms with Gasteiger partial charge in [0.25, 0.3) is 5.91 Å². The van der Waals surface area contributed by atoms with Crippen LogP contribution in [0.5, 0.6) is 0 Å². The van der Waals surface area contributed by atoms with Gasteiger partial charge in [-0.2, -0.15) is 5.26 Å². The van der Waals surface area contributed by atoms with Crippen molar-refractivity contribution in [1.29, 1.82) is 5.26 Å². The van der Waals surface area contributed by atoms with Gasteiger partial charge in [0.05, 0.1) is 12.8 Å². The number of carbonyl (C=O) groups is 1. The van der Waals surface area contributed by atoms with E-state index in [-0.39, 0.29) is 17.9 Å². The Bertz CT molecular complexity index is 712. The average Bonchev–Trinajstić information content (AvgIpc) is 2.99. The molecular formula is C16H13FN2O2. The van der Waals surface area contributed by atoms with Crippen molar-refractivity contribution in [2.24, 2.45) is 0 Å². The lowest BCUT2D eigenvalue weighted by Crippen LogP contribution is -2.23. The van der Waals surface area contributed by atoms with Gasteiger partial charge in [-0.1, -0.05) is 12.1 Å². The summed E-state index contributed by atoms with van der Waals surface area (Å²) in [5.41, 5.74) is 0.875. The van der Waals surface area contributed by atoms with Gasteiger partial charge in [-0.25, -0.2) is 4.39 Å². The number of aryl methyl sites for hydroxylation is 1. The highest BCUT2D eigenvalue weighted by Gasteiger charge is 2.10. The number of furan rings is 1. The lowest BCUT2D eigenvalue weighted by atomic mass is 10.1. The Morgan fingerprint density at radius 3 is 2.90 bits per heavy atom. The van der Waals surface area contributed by atoms with Gasteiger partial charge < -0.3 is 9.73 Å². The highest BCUT2D eigenvalue weighted by Crippen LogP contribution is 2.12. The lowest BCUT2D eigenvalue weighted by molar-refractivity contribution is -0.117. The van der Waals surface area contributed by atoms with Crippen LogP contribution >= 0.6 is 0 Å². The number of hydrogen-bond donors (Lipinski definition) is 1. The summed E-state index contributed by atoms with van der Waals surface area (Å²) in [7, 11) is 0. The molecule has 5 heteroatoms. The quantitative estimate of drug-likeness (QED) is 0.693. The second-order valence-electron chi connectivity index (χ2n) is 4.44. The Kier molecular flexibility index (Phi) is 4.52. The molecule has 1 aromatic carbocycles. The van der Waals surface area contributed by atoms with Crippen LogP contribution in [0.15, 0.2) is 46.6 Å². The van der Waals surface area contributed by atoms with E-state index in [1.165, 1.54) is 18.4 Å². The van der Waals surface area contributed by atoms with Gasteiger partial charge in [-0.05, 0) is 42.3 Å². The van der Waals surface area contributed by atoms with Crippen molar-refractivity contribution in [3.05, 3.63) is 64.9 Å². The largest absolute Gasteiger partial charge is 0.467 e. The van der Waals surface area contributed by atoms with Crippen LogP contribution in [0.2, 0.25) is 0 Å². The summed E-state index contributed by atoms with van der Waals surface area (Å²) in [6.07, 6.45) is 2.84. The molecule has 0 bridgehead atoms. The normalized spacial score (nSPS) is 11.0. The van der Waals surface area contributed by atoms with Crippen LogP contribution in [0.25, 0.3) is 6.08 Å². The molecule has 0 radical (unpaired) electrons. The molecule has 2 aromatic rings. The van der Waals surface area contributed by atoms with Crippen LogP contribution in [0.4, 0.5) is 4.39 Å². The third-order valence-corrected chi connectivity index (χ3v) is 2.88. The predicted octanol–water partition coefficient (Wildman–Crippen LogP) is 2.95. The maximum absolute atomic E-state index is 13.4. The van der Waals surface area contributed by atoms with Gasteiger partial charge in [-0.3, -0.25) is 4.79 Å². The third kappa shape index (κ3) is 3.80. The number of hydrogen-bond acceptors (Lipinski definition) is 3. The van der Waals surface area contributed by atoms with Crippen molar-refractivity contribution in [3.63, 3.8) is 0 Å². The summed E-state index contributed by atoms with van der Waals surface area (Å²) in [6, 6.07) is 9.76. The number of amides is 1. The van der Waals surface area contributed by atoms with E-state index >= 15 is 0 Å². The van der Waals surface area contributed by atoms with Crippen molar-refractivity contribution >= 4 is 12.0 Å². The number of carbonyl (C=O) groups excluding carboxylic acids is 1. The number of rotatable bonds is 4. The molecule has 0 saturated carbocycles. The third-order valence-electron chi connectivity index (χ3n) is 2.88. The standard InChI is InChI=1S/C16H13FN2O2/c1-11-4-5-12(8-15(11)17)7-13(9-18)16(20)19-10-14-3-2-6-21-14/h2-8H,10H2,1H3,(H,19,20)/b13-7-. The van der Waals surface area contributed by atoms with Gasteiger partial charge in [-0.15, -0.1) is 0 Å². The average molecular weight is 284 g/mol. The first-order valence-corrected chi connectivity index (χ1v) is 6.28. The molecule has 0 aliphatic heterocycles. The molecule has 1 aromatic heterocycles. The molecule has 0 fully saturated rings. The second kappa shape index (κ2) is 6.53. The van der Waals surface area contributed by atoms with E-state index in [2.05, 4.69) is 5.32 Å². The molecule has 0 spiro atoms. The Hall–Kier alpha value is -2.87. The summed E-state index contributed by atoms with van der Waals surface area (Å²) in [6.45, 7) is 1.83. The zero-order chi connectivity index (χ0) is 15.2. The zero-order valence-electron chi connectivity index (χ0n) is 11.4. The van der Waals surface area contributed by atoms with Crippen molar-refractivity contribution in [3.8, 4) is 6.07 Å². The van der Waals surface area contributed by atoms with E-state index in [9.17, 15) is 9.18 Å². The fourth-order valence-corrected chi connectivity index (χ4v) is 1.69. The molecule has 1 amide bonds. The van der Waals surface area contributed by atoms with E-state index in [1.807, 2.05) is 6.07 Å². The minimum Gasteiger partial charge on any atom is -0.467 e. The van der Waals surface area contributed by atoms with E-state index in [4.69, 9.17) is 9.68 Å². The SMILES string of the molecule is Cc1ccc(/C=C(/C#N)C(=O)NCc2ccco2)cc1F. The van der Waals surface area contributed by atoms with Crippen molar-refractivity contribution in [2.45, 2.75) is 13.5 Å². The number of halogens is 1. The Morgan fingerprint density at radius 2 is 2.29 bits per heavy atom. The number of benzene rings is 1. The molecule has 21 heavy (non-hydrogen) atoms. The first kappa shape index (κ1) is 14.5. The highest BCUT2D eigenvalue weighted by molar-refractivity contribution is 6.01. The fourth-order valence-electron chi connectivity index (χ4n) is 1.69. The van der Waals surface area contributed by atoms with Crippen LogP contribution in [0.1, 0.15) is 16.9 Å². The van der Waals surface area contributed by atoms with E-state index in [0.717, 1.165) is 0 Å². The van der Waals surface area contributed by atoms with Crippen LogP contribution < -0.4 is 5.32 Å². The zero-order valence-corrected chi connectivity index (χ0v) is 11.4. The van der Waals surface area contributed by atoms with Gasteiger partial charge in [0.15, 0.2) is 0 Å². The fraction of sp³-hybridized carbons (Fsp3) is 0.125. The molecule has 0 saturated heterocycles. The summed E-state index contributed by atoms with van der Waals surface area (Å²) in [4.78, 5) is 11.9. The van der Waals surface area contributed by atoms with E-state index in [1.54, 1.807) is 31.2 Å². The predicted molar refractivity (Wildman–Crippen MR) is 75.3 cm³/mol. The smallest absolute Gasteiger partial charge is 0.262 e. The molecule has 2 rings (SSSR count). The summed E-state index contributed by atoms with van der Waals surface area (Å²) in [5, 5.41) is 11.6.